The number of aromatic nitrogens is 3. The number of carboxylic acids is 1. The zero-order valence-corrected chi connectivity index (χ0v) is 10.1. The molecule has 0 radical (unpaired) electrons. The SMILES string of the molecule is Cc1ccnnc1-c1cc(N)c(Cl)c(C(=O)O)n1. The van der Waals surface area contributed by atoms with Crippen molar-refractivity contribution in [3.63, 3.8) is 0 Å². The van der Waals surface area contributed by atoms with Crippen LogP contribution >= 0.6 is 11.6 Å². The van der Waals surface area contributed by atoms with Crippen LogP contribution in [0.1, 0.15) is 16.1 Å². The van der Waals surface area contributed by atoms with E-state index in [4.69, 9.17) is 22.4 Å². The van der Waals surface area contributed by atoms with Crippen molar-refractivity contribution in [3.8, 4) is 11.4 Å². The number of aryl methyl sites for hydroxylation is 1. The van der Waals surface area contributed by atoms with Crippen LogP contribution in [0.15, 0.2) is 18.3 Å². The highest BCUT2D eigenvalue weighted by Crippen LogP contribution is 2.28. The van der Waals surface area contributed by atoms with Crippen LogP contribution in [-0.2, 0) is 0 Å². The van der Waals surface area contributed by atoms with Gasteiger partial charge in [0.25, 0.3) is 0 Å². The van der Waals surface area contributed by atoms with Crippen molar-refractivity contribution in [2.75, 3.05) is 5.73 Å². The van der Waals surface area contributed by atoms with Crippen molar-refractivity contribution in [1.82, 2.24) is 15.2 Å². The average Bonchev–Trinajstić information content (AvgIpc) is 2.33. The van der Waals surface area contributed by atoms with Gasteiger partial charge in [-0.25, -0.2) is 9.78 Å². The van der Waals surface area contributed by atoms with Crippen molar-refractivity contribution in [2.45, 2.75) is 6.92 Å². The summed E-state index contributed by atoms with van der Waals surface area (Å²) >= 11 is 5.78. The van der Waals surface area contributed by atoms with Gasteiger partial charge in [-0.05, 0) is 24.6 Å². The van der Waals surface area contributed by atoms with Gasteiger partial charge >= 0.3 is 5.97 Å². The number of rotatable bonds is 2. The van der Waals surface area contributed by atoms with Crippen LogP contribution in [0.25, 0.3) is 11.4 Å². The van der Waals surface area contributed by atoms with Gasteiger partial charge in [0.05, 0.1) is 16.4 Å². The Morgan fingerprint density at radius 1 is 1.50 bits per heavy atom. The lowest BCUT2D eigenvalue weighted by atomic mass is 10.1. The lowest BCUT2D eigenvalue weighted by Gasteiger charge is -2.07. The number of pyridine rings is 1. The molecule has 7 heteroatoms. The molecular weight excluding hydrogens is 256 g/mol. The quantitative estimate of drug-likeness (QED) is 0.857. The van der Waals surface area contributed by atoms with Gasteiger partial charge in [-0.15, -0.1) is 5.10 Å². The van der Waals surface area contributed by atoms with E-state index in [1.54, 1.807) is 6.07 Å². The zero-order chi connectivity index (χ0) is 13.3. The summed E-state index contributed by atoms with van der Waals surface area (Å²) in [5.41, 5.74) is 7.14. The second-order valence-electron chi connectivity index (χ2n) is 3.63. The highest BCUT2D eigenvalue weighted by Gasteiger charge is 2.17. The van der Waals surface area contributed by atoms with Gasteiger partial charge in [0, 0.05) is 6.20 Å². The zero-order valence-electron chi connectivity index (χ0n) is 9.38. The number of aromatic carboxylic acids is 1. The van der Waals surface area contributed by atoms with E-state index in [9.17, 15) is 4.79 Å². The number of halogens is 1. The standard InChI is InChI=1S/C11H9ClN4O2/c1-5-2-3-14-16-9(5)7-4-6(13)8(12)10(15-7)11(17)18/h2-4H,1H3,(H2,13,15)(H,17,18). The molecule has 2 rings (SSSR count). The summed E-state index contributed by atoms with van der Waals surface area (Å²) in [6.07, 6.45) is 1.54. The first kappa shape index (κ1) is 12.3. The predicted molar refractivity (Wildman–Crippen MR) is 66.4 cm³/mol. The van der Waals surface area contributed by atoms with Crippen LogP contribution in [0.2, 0.25) is 5.02 Å². The molecule has 2 heterocycles. The fraction of sp³-hybridized carbons (Fsp3) is 0.0909. The van der Waals surface area contributed by atoms with E-state index >= 15 is 0 Å². The molecule has 0 bridgehead atoms. The Bertz CT molecular complexity index is 630. The first-order chi connectivity index (χ1) is 8.50. The third-order valence-electron chi connectivity index (χ3n) is 2.35. The Hall–Kier alpha value is -2.21. The molecule has 92 valence electrons. The summed E-state index contributed by atoms with van der Waals surface area (Å²) in [6.45, 7) is 1.82. The predicted octanol–water partition coefficient (Wildman–Crippen LogP) is 1.78. The maximum Gasteiger partial charge on any atom is 0.356 e. The fourth-order valence-electron chi connectivity index (χ4n) is 1.46. The lowest BCUT2D eigenvalue weighted by molar-refractivity contribution is 0.0691. The van der Waals surface area contributed by atoms with Crippen molar-refractivity contribution in [3.05, 3.63) is 34.6 Å². The van der Waals surface area contributed by atoms with Gasteiger partial charge in [0.2, 0.25) is 0 Å². The van der Waals surface area contributed by atoms with Gasteiger partial charge in [-0.3, -0.25) is 0 Å². The molecule has 0 amide bonds. The maximum absolute atomic E-state index is 11.0. The van der Waals surface area contributed by atoms with Crippen LogP contribution in [0.5, 0.6) is 0 Å². The normalized spacial score (nSPS) is 10.3. The number of anilines is 1. The van der Waals surface area contributed by atoms with E-state index in [1.165, 1.54) is 12.3 Å². The molecule has 18 heavy (non-hydrogen) atoms. The summed E-state index contributed by atoms with van der Waals surface area (Å²) in [4.78, 5) is 15.0. The Labute approximate surface area is 107 Å². The van der Waals surface area contributed by atoms with E-state index in [0.717, 1.165) is 5.56 Å². The van der Waals surface area contributed by atoms with Crippen molar-refractivity contribution < 1.29 is 9.90 Å². The highest BCUT2D eigenvalue weighted by atomic mass is 35.5. The van der Waals surface area contributed by atoms with Crippen LogP contribution < -0.4 is 5.73 Å². The molecule has 3 N–H and O–H groups in total. The third kappa shape index (κ3) is 2.10. The highest BCUT2D eigenvalue weighted by molar-refractivity contribution is 6.35. The largest absolute Gasteiger partial charge is 0.476 e. The summed E-state index contributed by atoms with van der Waals surface area (Å²) < 4.78 is 0. The third-order valence-corrected chi connectivity index (χ3v) is 2.75. The summed E-state index contributed by atoms with van der Waals surface area (Å²) in [6, 6.07) is 3.22. The first-order valence-corrected chi connectivity index (χ1v) is 5.36. The molecule has 0 saturated heterocycles. The minimum absolute atomic E-state index is 0.0761. The Balaban J connectivity index is 2.67. The number of nitrogens with two attached hydrogens (primary N) is 1. The molecular formula is C11H9ClN4O2. The van der Waals surface area contributed by atoms with Crippen molar-refractivity contribution >= 4 is 23.3 Å². The van der Waals surface area contributed by atoms with E-state index in [1.807, 2.05) is 6.92 Å². The second kappa shape index (κ2) is 4.58. The fourth-order valence-corrected chi connectivity index (χ4v) is 1.64. The Kier molecular flexibility index (Phi) is 3.12. The monoisotopic (exact) mass is 264 g/mol. The molecule has 2 aromatic rings. The topological polar surface area (TPSA) is 102 Å². The summed E-state index contributed by atoms with van der Waals surface area (Å²) in [7, 11) is 0. The summed E-state index contributed by atoms with van der Waals surface area (Å²) in [5, 5.41) is 16.6. The van der Waals surface area contributed by atoms with Crippen molar-refractivity contribution in [2.24, 2.45) is 0 Å². The first-order valence-electron chi connectivity index (χ1n) is 4.98. The average molecular weight is 265 g/mol. The van der Waals surface area contributed by atoms with Gasteiger partial charge in [-0.1, -0.05) is 11.6 Å². The molecule has 6 nitrogen and oxygen atoms in total. The number of carbonyl (C=O) groups is 1. The molecule has 0 aliphatic carbocycles. The molecule has 0 aliphatic heterocycles. The van der Waals surface area contributed by atoms with Crippen LogP contribution in [-0.4, -0.2) is 26.3 Å². The molecule has 0 unspecified atom stereocenters. The molecule has 0 saturated carbocycles. The number of carboxylic acid groups (broad SMARTS) is 1. The van der Waals surface area contributed by atoms with Gasteiger partial charge in [0.1, 0.15) is 5.69 Å². The Morgan fingerprint density at radius 3 is 2.83 bits per heavy atom. The van der Waals surface area contributed by atoms with E-state index in [2.05, 4.69) is 15.2 Å². The molecule has 0 fully saturated rings. The second-order valence-corrected chi connectivity index (χ2v) is 4.01. The maximum atomic E-state index is 11.0. The number of nitrogen functional groups attached to an aromatic ring is 1. The van der Waals surface area contributed by atoms with E-state index < -0.39 is 5.97 Å². The van der Waals surface area contributed by atoms with Crippen LogP contribution in [0.4, 0.5) is 5.69 Å². The molecule has 2 aromatic heterocycles. The lowest BCUT2D eigenvalue weighted by Crippen LogP contribution is -2.06. The van der Waals surface area contributed by atoms with E-state index in [-0.39, 0.29) is 16.4 Å². The minimum atomic E-state index is -1.24. The minimum Gasteiger partial charge on any atom is -0.476 e. The van der Waals surface area contributed by atoms with Gasteiger partial charge < -0.3 is 10.8 Å². The van der Waals surface area contributed by atoms with E-state index in [0.29, 0.717) is 11.4 Å². The molecule has 0 aliphatic rings. The number of hydrogen-bond acceptors (Lipinski definition) is 5. The summed E-state index contributed by atoms with van der Waals surface area (Å²) in [5.74, 6) is -1.24. The smallest absolute Gasteiger partial charge is 0.356 e. The van der Waals surface area contributed by atoms with Crippen molar-refractivity contribution in [1.29, 1.82) is 0 Å². The number of hydrogen-bond donors (Lipinski definition) is 2. The molecule has 0 aromatic carbocycles. The molecule has 0 atom stereocenters. The van der Waals surface area contributed by atoms with Gasteiger partial charge in [0.15, 0.2) is 5.69 Å². The van der Waals surface area contributed by atoms with Crippen LogP contribution in [0, 0.1) is 6.92 Å². The Morgan fingerprint density at radius 2 is 2.22 bits per heavy atom. The van der Waals surface area contributed by atoms with Gasteiger partial charge in [-0.2, -0.15) is 5.10 Å². The molecule has 0 spiro atoms. The number of nitrogens with zero attached hydrogens (tertiary/aromatic N) is 3. The van der Waals surface area contributed by atoms with Crippen LogP contribution in [0.3, 0.4) is 0 Å².